The fourth-order valence-corrected chi connectivity index (χ4v) is 1.71. The number of hydrogen-bond donors (Lipinski definition) is 1. The molecule has 0 radical (unpaired) electrons. The maximum atomic E-state index is 13.6. The lowest BCUT2D eigenvalue weighted by Crippen LogP contribution is -2.10. The average molecular weight is 235 g/mol. The summed E-state index contributed by atoms with van der Waals surface area (Å²) in [5, 5.41) is 0. The van der Waals surface area contributed by atoms with Crippen molar-refractivity contribution in [3.05, 3.63) is 47.8 Å². The summed E-state index contributed by atoms with van der Waals surface area (Å²) >= 11 is 0. The van der Waals surface area contributed by atoms with Crippen LogP contribution in [0.5, 0.6) is 0 Å². The van der Waals surface area contributed by atoms with E-state index in [-0.39, 0.29) is 5.41 Å². The summed E-state index contributed by atoms with van der Waals surface area (Å²) in [7, 11) is 0. The van der Waals surface area contributed by atoms with Crippen LogP contribution in [-0.2, 0) is 5.41 Å². The van der Waals surface area contributed by atoms with Crippen LogP contribution in [0.2, 0.25) is 0 Å². The summed E-state index contributed by atoms with van der Waals surface area (Å²) in [6, 6.07) is 5.53. The van der Waals surface area contributed by atoms with Crippen LogP contribution >= 0.6 is 0 Å². The molecule has 1 aromatic heterocycles. The topological polar surface area (TPSA) is 15.8 Å². The van der Waals surface area contributed by atoms with Gasteiger partial charge in [0.15, 0.2) is 0 Å². The van der Waals surface area contributed by atoms with Gasteiger partial charge < -0.3 is 4.98 Å². The second-order valence-electron chi connectivity index (χ2n) is 5.18. The number of aromatic amines is 1. The highest BCUT2D eigenvalue weighted by atomic mass is 19.1. The second-order valence-corrected chi connectivity index (χ2v) is 5.18. The maximum absolute atomic E-state index is 13.6. The highest BCUT2D eigenvalue weighted by molar-refractivity contribution is 5.64. The fourth-order valence-electron chi connectivity index (χ4n) is 1.71. The lowest BCUT2D eigenvalue weighted by atomic mass is 9.92. The van der Waals surface area contributed by atoms with Gasteiger partial charge in [-0.2, -0.15) is 0 Å². The number of aromatic nitrogens is 1. The zero-order chi connectivity index (χ0) is 12.6. The van der Waals surface area contributed by atoms with Crippen molar-refractivity contribution in [2.75, 3.05) is 0 Å². The first-order valence-electron chi connectivity index (χ1n) is 5.52. The summed E-state index contributed by atoms with van der Waals surface area (Å²) in [6.07, 6.45) is 1.75. The van der Waals surface area contributed by atoms with Gasteiger partial charge in [-0.3, -0.25) is 0 Å². The van der Waals surface area contributed by atoms with Crippen LogP contribution in [0.4, 0.5) is 8.78 Å². The quantitative estimate of drug-likeness (QED) is 0.760. The standard InChI is InChI=1S/C14H15F2N/c1-14(2,3)13-6-9(8-17-13)11-5-4-10(15)7-12(11)16/h4-8,17H,1-3H3. The molecule has 0 saturated carbocycles. The monoisotopic (exact) mass is 235 g/mol. The molecule has 0 spiro atoms. The lowest BCUT2D eigenvalue weighted by Gasteiger charge is -2.15. The predicted molar refractivity (Wildman–Crippen MR) is 64.8 cm³/mol. The van der Waals surface area contributed by atoms with Crippen molar-refractivity contribution in [2.24, 2.45) is 0 Å². The molecule has 0 saturated heterocycles. The molecule has 0 bridgehead atoms. The van der Waals surface area contributed by atoms with Gasteiger partial charge in [0, 0.05) is 34.5 Å². The first-order valence-corrected chi connectivity index (χ1v) is 5.52. The number of H-pyrrole nitrogens is 1. The molecule has 2 aromatic rings. The molecule has 0 fully saturated rings. The van der Waals surface area contributed by atoms with Gasteiger partial charge >= 0.3 is 0 Å². The molecule has 90 valence electrons. The van der Waals surface area contributed by atoms with Crippen LogP contribution in [-0.4, -0.2) is 4.98 Å². The summed E-state index contributed by atoms with van der Waals surface area (Å²) in [6.45, 7) is 6.22. The first kappa shape index (κ1) is 11.8. The van der Waals surface area contributed by atoms with Crippen LogP contribution in [0.15, 0.2) is 30.5 Å². The van der Waals surface area contributed by atoms with Gasteiger partial charge in [0.2, 0.25) is 0 Å². The third-order valence-corrected chi connectivity index (χ3v) is 2.73. The largest absolute Gasteiger partial charge is 0.364 e. The number of rotatable bonds is 1. The zero-order valence-corrected chi connectivity index (χ0v) is 10.1. The lowest BCUT2D eigenvalue weighted by molar-refractivity contribution is 0.572. The van der Waals surface area contributed by atoms with Crippen LogP contribution in [0.3, 0.4) is 0 Å². The van der Waals surface area contributed by atoms with Crippen LogP contribution < -0.4 is 0 Å². The maximum Gasteiger partial charge on any atom is 0.133 e. The molecular formula is C14H15F2N. The molecule has 0 amide bonds. The van der Waals surface area contributed by atoms with E-state index in [0.29, 0.717) is 5.56 Å². The van der Waals surface area contributed by atoms with Crippen LogP contribution in [0.25, 0.3) is 11.1 Å². The Morgan fingerprint density at radius 2 is 1.76 bits per heavy atom. The molecule has 0 aliphatic heterocycles. The molecule has 0 aliphatic carbocycles. The Kier molecular flexibility index (Phi) is 2.77. The summed E-state index contributed by atoms with van der Waals surface area (Å²) in [5.74, 6) is -1.10. The molecule has 0 atom stereocenters. The highest BCUT2D eigenvalue weighted by Crippen LogP contribution is 2.28. The van der Waals surface area contributed by atoms with Crippen molar-refractivity contribution < 1.29 is 8.78 Å². The Balaban J connectivity index is 2.44. The van der Waals surface area contributed by atoms with E-state index in [0.717, 1.165) is 17.3 Å². The van der Waals surface area contributed by atoms with Crippen LogP contribution in [0.1, 0.15) is 26.5 Å². The predicted octanol–water partition coefficient (Wildman–Crippen LogP) is 4.26. The van der Waals surface area contributed by atoms with Gasteiger partial charge in [0.05, 0.1) is 0 Å². The Hall–Kier alpha value is -1.64. The van der Waals surface area contributed by atoms with Gasteiger partial charge in [0.1, 0.15) is 11.6 Å². The number of nitrogens with one attached hydrogen (secondary N) is 1. The van der Waals surface area contributed by atoms with E-state index in [9.17, 15) is 8.78 Å². The molecule has 3 heteroatoms. The average Bonchev–Trinajstić information content (AvgIpc) is 2.65. The molecular weight excluding hydrogens is 220 g/mol. The van der Waals surface area contributed by atoms with E-state index in [1.807, 2.05) is 6.07 Å². The highest BCUT2D eigenvalue weighted by Gasteiger charge is 2.17. The summed E-state index contributed by atoms with van der Waals surface area (Å²) in [5.41, 5.74) is 2.16. The minimum atomic E-state index is -0.558. The number of benzene rings is 1. The third-order valence-electron chi connectivity index (χ3n) is 2.73. The van der Waals surface area contributed by atoms with Gasteiger partial charge in [-0.25, -0.2) is 8.78 Å². The zero-order valence-electron chi connectivity index (χ0n) is 10.1. The summed E-state index contributed by atoms with van der Waals surface area (Å²) < 4.78 is 26.4. The van der Waals surface area contributed by atoms with Crippen molar-refractivity contribution in [3.8, 4) is 11.1 Å². The number of hydrogen-bond acceptors (Lipinski definition) is 0. The molecule has 0 aliphatic rings. The van der Waals surface area contributed by atoms with E-state index in [1.54, 1.807) is 6.20 Å². The minimum Gasteiger partial charge on any atom is -0.364 e. The number of halogens is 2. The minimum absolute atomic E-state index is 0.0191. The fraction of sp³-hybridized carbons (Fsp3) is 0.286. The van der Waals surface area contributed by atoms with Gasteiger partial charge in [-0.1, -0.05) is 20.8 Å². The van der Waals surface area contributed by atoms with Crippen LogP contribution in [0, 0.1) is 11.6 Å². The second kappa shape index (κ2) is 3.99. The van der Waals surface area contributed by atoms with Crippen molar-refractivity contribution in [1.29, 1.82) is 0 Å². The van der Waals surface area contributed by atoms with E-state index in [1.165, 1.54) is 12.1 Å². The summed E-state index contributed by atoms with van der Waals surface area (Å²) in [4.78, 5) is 3.13. The molecule has 1 aromatic carbocycles. The Morgan fingerprint density at radius 3 is 2.29 bits per heavy atom. The van der Waals surface area contributed by atoms with Gasteiger partial charge in [-0.05, 0) is 18.2 Å². The normalized spacial score (nSPS) is 11.8. The Morgan fingerprint density at radius 1 is 1.06 bits per heavy atom. The van der Waals surface area contributed by atoms with E-state index in [4.69, 9.17) is 0 Å². The van der Waals surface area contributed by atoms with Crippen molar-refractivity contribution in [2.45, 2.75) is 26.2 Å². The van der Waals surface area contributed by atoms with E-state index in [2.05, 4.69) is 25.8 Å². The first-order chi connectivity index (χ1) is 7.88. The SMILES string of the molecule is CC(C)(C)c1cc(-c2ccc(F)cc2F)c[nH]1. The van der Waals surface area contributed by atoms with Gasteiger partial charge in [-0.15, -0.1) is 0 Å². The van der Waals surface area contributed by atoms with E-state index < -0.39 is 11.6 Å². The molecule has 17 heavy (non-hydrogen) atoms. The third kappa shape index (κ3) is 2.38. The Bertz CT molecular complexity index is 535. The van der Waals surface area contributed by atoms with Crippen molar-refractivity contribution in [1.82, 2.24) is 4.98 Å². The smallest absolute Gasteiger partial charge is 0.133 e. The molecule has 1 nitrogen and oxygen atoms in total. The molecule has 1 N–H and O–H groups in total. The molecule has 0 unspecified atom stereocenters. The Labute approximate surface area is 99.5 Å². The molecule has 2 rings (SSSR count). The van der Waals surface area contributed by atoms with E-state index >= 15 is 0 Å². The van der Waals surface area contributed by atoms with Crippen molar-refractivity contribution in [3.63, 3.8) is 0 Å². The molecule has 1 heterocycles. The van der Waals surface area contributed by atoms with Gasteiger partial charge in [0.25, 0.3) is 0 Å². The van der Waals surface area contributed by atoms with Crippen molar-refractivity contribution >= 4 is 0 Å².